The second-order valence-corrected chi connectivity index (χ2v) is 7.01. The van der Waals surface area contributed by atoms with Crippen LogP contribution in [0.5, 0.6) is 0 Å². The summed E-state index contributed by atoms with van der Waals surface area (Å²) in [4.78, 5) is 14.4. The lowest BCUT2D eigenvalue weighted by atomic mass is 10.2. The largest absolute Gasteiger partial charge is 0.359 e. The molecule has 3 aromatic carbocycles. The van der Waals surface area contributed by atoms with Gasteiger partial charge >= 0.3 is 0 Å². The van der Waals surface area contributed by atoms with Crippen molar-refractivity contribution < 1.29 is 4.79 Å². The third kappa shape index (κ3) is 5.50. The van der Waals surface area contributed by atoms with Crippen molar-refractivity contribution in [3.63, 3.8) is 0 Å². The van der Waals surface area contributed by atoms with Crippen LogP contribution in [0.3, 0.4) is 0 Å². The maximum Gasteiger partial charge on any atom is 0.263 e. The maximum absolute atomic E-state index is 12.3. The molecular formula is C23H19N3OS. The Morgan fingerprint density at radius 2 is 1.57 bits per heavy atom. The monoisotopic (exact) mass is 385 g/mol. The van der Waals surface area contributed by atoms with Gasteiger partial charge in [-0.05, 0) is 29.8 Å². The van der Waals surface area contributed by atoms with Crippen molar-refractivity contribution in [2.24, 2.45) is 0 Å². The number of carbonyl (C=O) groups is 1. The van der Waals surface area contributed by atoms with Crippen LogP contribution in [0.2, 0.25) is 0 Å². The van der Waals surface area contributed by atoms with Crippen molar-refractivity contribution in [3.8, 4) is 6.07 Å². The molecular weight excluding hydrogens is 366 g/mol. The second-order valence-electron chi connectivity index (χ2n) is 5.89. The summed E-state index contributed by atoms with van der Waals surface area (Å²) >= 11 is 1.61. The average Bonchev–Trinajstić information content (AvgIpc) is 2.75. The van der Waals surface area contributed by atoms with Gasteiger partial charge in [0, 0.05) is 22.5 Å². The molecule has 0 aliphatic rings. The highest BCUT2D eigenvalue weighted by Crippen LogP contribution is 2.33. The summed E-state index contributed by atoms with van der Waals surface area (Å²) in [6.07, 6.45) is 1.45. The zero-order valence-corrected chi connectivity index (χ0v) is 15.9. The highest BCUT2D eigenvalue weighted by Gasteiger charge is 2.09. The topological polar surface area (TPSA) is 64.9 Å². The smallest absolute Gasteiger partial charge is 0.263 e. The first-order chi connectivity index (χ1) is 13.8. The molecule has 3 rings (SSSR count). The molecule has 0 saturated heterocycles. The lowest BCUT2D eigenvalue weighted by molar-refractivity contribution is -0.117. The number of nitrogens with zero attached hydrogens (tertiary/aromatic N) is 1. The van der Waals surface area contributed by atoms with Gasteiger partial charge in [-0.25, -0.2) is 0 Å². The molecule has 0 atom stereocenters. The molecule has 5 heteroatoms. The minimum absolute atomic E-state index is 0.0236. The molecule has 0 radical (unpaired) electrons. The van der Waals surface area contributed by atoms with Crippen LogP contribution in [-0.2, 0) is 11.3 Å². The van der Waals surface area contributed by atoms with Gasteiger partial charge in [-0.3, -0.25) is 4.79 Å². The van der Waals surface area contributed by atoms with E-state index in [0.717, 1.165) is 21.0 Å². The van der Waals surface area contributed by atoms with E-state index in [2.05, 4.69) is 10.6 Å². The van der Waals surface area contributed by atoms with Crippen molar-refractivity contribution in [3.05, 3.63) is 102 Å². The van der Waals surface area contributed by atoms with Gasteiger partial charge < -0.3 is 10.6 Å². The Labute approximate surface area is 168 Å². The molecule has 0 bridgehead atoms. The molecule has 1 amide bonds. The normalized spacial score (nSPS) is 10.8. The Bertz CT molecular complexity index is 995. The highest BCUT2D eigenvalue weighted by atomic mass is 32.2. The number of hydrogen-bond donors (Lipinski definition) is 2. The molecule has 0 aromatic heterocycles. The Hall–Kier alpha value is -3.49. The molecule has 0 saturated carbocycles. The lowest BCUT2D eigenvalue weighted by Gasteiger charge is -2.09. The summed E-state index contributed by atoms with van der Waals surface area (Å²) in [5.74, 6) is -0.410. The van der Waals surface area contributed by atoms with Crippen LogP contribution in [0.4, 0.5) is 5.69 Å². The first-order valence-corrected chi connectivity index (χ1v) is 9.59. The predicted octanol–water partition coefficient (Wildman–Crippen LogP) is 4.97. The number of nitriles is 1. The van der Waals surface area contributed by atoms with Gasteiger partial charge in [-0.1, -0.05) is 72.4 Å². The Balaban J connectivity index is 1.67. The van der Waals surface area contributed by atoms with Gasteiger partial charge in [0.2, 0.25) is 0 Å². The van der Waals surface area contributed by atoms with Crippen molar-refractivity contribution >= 4 is 23.4 Å². The molecule has 0 aliphatic carbocycles. The van der Waals surface area contributed by atoms with E-state index in [1.54, 1.807) is 11.8 Å². The van der Waals surface area contributed by atoms with Crippen molar-refractivity contribution in [2.45, 2.75) is 16.3 Å². The molecule has 0 fully saturated rings. The predicted molar refractivity (Wildman–Crippen MR) is 113 cm³/mol. The van der Waals surface area contributed by atoms with E-state index in [4.69, 9.17) is 0 Å². The van der Waals surface area contributed by atoms with E-state index in [9.17, 15) is 10.1 Å². The van der Waals surface area contributed by atoms with Crippen LogP contribution in [0.1, 0.15) is 5.56 Å². The summed E-state index contributed by atoms with van der Waals surface area (Å²) in [5, 5.41) is 15.2. The molecule has 2 N–H and O–H groups in total. The molecule has 0 unspecified atom stereocenters. The number of benzene rings is 3. The summed E-state index contributed by atoms with van der Waals surface area (Å²) in [6.45, 7) is 0.374. The summed E-state index contributed by atoms with van der Waals surface area (Å²) < 4.78 is 0. The number of hydrogen-bond acceptors (Lipinski definition) is 4. The van der Waals surface area contributed by atoms with Crippen molar-refractivity contribution in [1.82, 2.24) is 5.32 Å². The molecule has 4 nitrogen and oxygen atoms in total. The second kappa shape index (κ2) is 10.0. The van der Waals surface area contributed by atoms with Gasteiger partial charge in [0.25, 0.3) is 5.91 Å². The zero-order valence-electron chi connectivity index (χ0n) is 15.1. The summed E-state index contributed by atoms with van der Waals surface area (Å²) in [5.41, 5.74) is 1.83. The minimum Gasteiger partial charge on any atom is -0.359 e. The SMILES string of the molecule is N#C/C(=C/Nc1ccccc1Sc1ccccc1)C(=O)NCc1ccccc1. The van der Waals surface area contributed by atoms with Gasteiger partial charge in [0.1, 0.15) is 11.6 Å². The number of carbonyl (C=O) groups excluding carboxylic acids is 1. The van der Waals surface area contributed by atoms with E-state index in [0.29, 0.717) is 6.54 Å². The third-order valence-corrected chi connectivity index (χ3v) is 4.97. The first-order valence-electron chi connectivity index (χ1n) is 8.77. The van der Waals surface area contributed by atoms with Crippen molar-refractivity contribution in [1.29, 1.82) is 5.26 Å². The molecule has 0 spiro atoms. The molecule has 138 valence electrons. The van der Waals surface area contributed by atoms with Crippen LogP contribution >= 0.6 is 11.8 Å². The standard InChI is InChI=1S/C23H19N3OS/c24-15-19(23(27)26-16-18-9-3-1-4-10-18)17-25-21-13-7-8-14-22(21)28-20-11-5-2-6-12-20/h1-14,17,25H,16H2,(H,26,27)/b19-17-. The van der Waals surface area contributed by atoms with E-state index in [1.807, 2.05) is 91.0 Å². The Morgan fingerprint density at radius 1 is 0.929 bits per heavy atom. The highest BCUT2D eigenvalue weighted by molar-refractivity contribution is 7.99. The first kappa shape index (κ1) is 19.3. The van der Waals surface area contributed by atoms with Crippen LogP contribution in [-0.4, -0.2) is 5.91 Å². The molecule has 0 aliphatic heterocycles. The molecule has 28 heavy (non-hydrogen) atoms. The van der Waals surface area contributed by atoms with E-state index in [1.165, 1.54) is 6.20 Å². The number of nitrogens with one attached hydrogen (secondary N) is 2. The Kier molecular flexibility index (Phi) is 6.89. The van der Waals surface area contributed by atoms with Crippen LogP contribution in [0.15, 0.2) is 106 Å². The van der Waals surface area contributed by atoms with E-state index < -0.39 is 5.91 Å². The average molecular weight is 385 g/mol. The van der Waals surface area contributed by atoms with Crippen LogP contribution < -0.4 is 10.6 Å². The van der Waals surface area contributed by atoms with Crippen molar-refractivity contribution in [2.75, 3.05) is 5.32 Å². The molecule has 3 aromatic rings. The lowest BCUT2D eigenvalue weighted by Crippen LogP contribution is -2.24. The number of rotatable bonds is 7. The van der Waals surface area contributed by atoms with Gasteiger partial charge in [0.05, 0.1) is 5.69 Å². The third-order valence-electron chi connectivity index (χ3n) is 3.89. The number of amides is 1. The number of anilines is 1. The quantitative estimate of drug-likeness (QED) is 0.445. The van der Waals surface area contributed by atoms with E-state index >= 15 is 0 Å². The summed E-state index contributed by atoms with van der Waals surface area (Å²) in [7, 11) is 0. The maximum atomic E-state index is 12.3. The van der Waals surface area contributed by atoms with Gasteiger partial charge in [0.15, 0.2) is 0 Å². The van der Waals surface area contributed by atoms with Gasteiger partial charge in [-0.15, -0.1) is 0 Å². The van der Waals surface area contributed by atoms with Crippen LogP contribution in [0.25, 0.3) is 0 Å². The van der Waals surface area contributed by atoms with Crippen LogP contribution in [0, 0.1) is 11.3 Å². The minimum atomic E-state index is -0.410. The van der Waals surface area contributed by atoms with E-state index in [-0.39, 0.29) is 5.57 Å². The fourth-order valence-electron chi connectivity index (χ4n) is 2.46. The fraction of sp³-hybridized carbons (Fsp3) is 0.0435. The summed E-state index contributed by atoms with van der Waals surface area (Å²) in [6, 6.07) is 29.3. The molecule has 0 heterocycles. The fourth-order valence-corrected chi connectivity index (χ4v) is 3.39. The Morgan fingerprint density at radius 3 is 2.29 bits per heavy atom. The number of para-hydroxylation sites is 1. The van der Waals surface area contributed by atoms with Gasteiger partial charge in [-0.2, -0.15) is 5.26 Å². The zero-order chi connectivity index (χ0) is 19.6.